The van der Waals surface area contributed by atoms with E-state index in [0.29, 0.717) is 6.61 Å². The minimum Gasteiger partial charge on any atom is -0.486 e. The number of hydrogen-bond acceptors (Lipinski definition) is 4. The fraction of sp³-hybridized carbons (Fsp3) is 0.471. The summed E-state index contributed by atoms with van der Waals surface area (Å²) in [6.07, 6.45) is 2.64. The van der Waals surface area contributed by atoms with E-state index in [0.717, 1.165) is 29.0 Å². The summed E-state index contributed by atoms with van der Waals surface area (Å²) < 4.78 is 5.91. The number of nitrogens with zero attached hydrogens (tertiary/aromatic N) is 1. The highest BCUT2D eigenvalue weighted by atomic mass is 32.1. The molecule has 1 aromatic heterocycles. The molecule has 1 aliphatic rings. The fourth-order valence-corrected chi connectivity index (χ4v) is 3.27. The maximum atomic E-state index is 5.91. The number of rotatable bonds is 6. The Morgan fingerprint density at radius 1 is 1.29 bits per heavy atom. The van der Waals surface area contributed by atoms with Crippen LogP contribution in [0, 0.1) is 20.8 Å². The molecule has 3 rings (SSSR count). The van der Waals surface area contributed by atoms with Crippen molar-refractivity contribution in [1.82, 2.24) is 10.3 Å². The summed E-state index contributed by atoms with van der Waals surface area (Å²) >= 11 is 1.76. The molecule has 1 heterocycles. The van der Waals surface area contributed by atoms with Crippen LogP contribution in [0.5, 0.6) is 5.75 Å². The molecule has 1 aromatic carbocycles. The second-order valence-electron chi connectivity index (χ2n) is 5.83. The molecule has 2 aromatic rings. The van der Waals surface area contributed by atoms with Crippen LogP contribution in [0.25, 0.3) is 0 Å². The fourth-order valence-electron chi connectivity index (χ4n) is 2.34. The van der Waals surface area contributed by atoms with Crippen molar-refractivity contribution < 1.29 is 4.74 Å². The van der Waals surface area contributed by atoms with Gasteiger partial charge in [-0.05, 0) is 45.2 Å². The zero-order chi connectivity index (χ0) is 14.8. The summed E-state index contributed by atoms with van der Waals surface area (Å²) in [6.45, 7) is 7.76. The van der Waals surface area contributed by atoms with Crippen molar-refractivity contribution >= 4 is 11.3 Å². The summed E-state index contributed by atoms with van der Waals surface area (Å²) in [7, 11) is 0. The first-order valence-electron chi connectivity index (χ1n) is 7.50. The Bertz CT molecular complexity index is 632. The number of benzene rings is 1. The van der Waals surface area contributed by atoms with Crippen LogP contribution in [-0.2, 0) is 13.2 Å². The summed E-state index contributed by atoms with van der Waals surface area (Å²) in [5.41, 5.74) is 3.57. The first-order chi connectivity index (χ1) is 10.1. The second-order valence-corrected chi connectivity index (χ2v) is 7.00. The molecule has 3 nitrogen and oxygen atoms in total. The first-order valence-corrected chi connectivity index (χ1v) is 8.32. The topological polar surface area (TPSA) is 34.1 Å². The highest BCUT2D eigenvalue weighted by molar-refractivity contribution is 7.11. The Morgan fingerprint density at radius 2 is 2.10 bits per heavy atom. The summed E-state index contributed by atoms with van der Waals surface area (Å²) in [5.74, 6) is 0.950. The standard InChI is InChI=1S/C17H22N2OS/c1-11-4-7-15(12(2)8-11)20-10-17-19-13(3)16(21-17)9-18-14-5-6-14/h4,7-8,14,18H,5-6,9-10H2,1-3H3. The number of thiazole rings is 1. The highest BCUT2D eigenvalue weighted by Gasteiger charge is 2.21. The van der Waals surface area contributed by atoms with E-state index >= 15 is 0 Å². The van der Waals surface area contributed by atoms with Gasteiger partial charge in [0, 0.05) is 17.5 Å². The SMILES string of the molecule is Cc1ccc(OCc2nc(C)c(CNC3CC3)s2)c(C)c1. The maximum Gasteiger partial charge on any atom is 0.140 e. The van der Waals surface area contributed by atoms with Gasteiger partial charge in [0.1, 0.15) is 17.4 Å². The van der Waals surface area contributed by atoms with E-state index in [9.17, 15) is 0 Å². The Kier molecular flexibility index (Phi) is 4.27. The summed E-state index contributed by atoms with van der Waals surface area (Å²) in [6, 6.07) is 7.01. The van der Waals surface area contributed by atoms with Crippen LogP contribution in [0.3, 0.4) is 0 Å². The monoisotopic (exact) mass is 302 g/mol. The molecule has 0 atom stereocenters. The van der Waals surface area contributed by atoms with E-state index < -0.39 is 0 Å². The lowest BCUT2D eigenvalue weighted by Gasteiger charge is -2.08. The molecule has 21 heavy (non-hydrogen) atoms. The zero-order valence-corrected chi connectivity index (χ0v) is 13.7. The minimum absolute atomic E-state index is 0.554. The van der Waals surface area contributed by atoms with Gasteiger partial charge in [0.05, 0.1) is 5.69 Å². The van der Waals surface area contributed by atoms with Gasteiger partial charge in [-0.1, -0.05) is 17.7 Å². The van der Waals surface area contributed by atoms with Crippen molar-refractivity contribution in [3.63, 3.8) is 0 Å². The van der Waals surface area contributed by atoms with Crippen LogP contribution in [0.4, 0.5) is 0 Å². The third kappa shape index (κ3) is 3.83. The number of nitrogens with one attached hydrogen (secondary N) is 1. The van der Waals surface area contributed by atoms with E-state index in [1.807, 2.05) is 6.07 Å². The van der Waals surface area contributed by atoms with Crippen LogP contribution in [0.1, 0.15) is 39.5 Å². The predicted octanol–water partition coefficient (Wildman–Crippen LogP) is 3.90. The van der Waals surface area contributed by atoms with E-state index in [1.165, 1.54) is 28.8 Å². The van der Waals surface area contributed by atoms with Crippen LogP contribution < -0.4 is 10.1 Å². The summed E-state index contributed by atoms with van der Waals surface area (Å²) in [4.78, 5) is 5.96. The number of hydrogen-bond donors (Lipinski definition) is 1. The smallest absolute Gasteiger partial charge is 0.140 e. The van der Waals surface area contributed by atoms with Crippen molar-refractivity contribution in [1.29, 1.82) is 0 Å². The van der Waals surface area contributed by atoms with Crippen LogP contribution >= 0.6 is 11.3 Å². The van der Waals surface area contributed by atoms with E-state index in [-0.39, 0.29) is 0 Å². The molecule has 1 saturated carbocycles. The van der Waals surface area contributed by atoms with Crippen molar-refractivity contribution in [2.75, 3.05) is 0 Å². The maximum absolute atomic E-state index is 5.91. The lowest BCUT2D eigenvalue weighted by atomic mass is 10.1. The van der Waals surface area contributed by atoms with E-state index in [2.05, 4.69) is 43.2 Å². The van der Waals surface area contributed by atoms with E-state index in [4.69, 9.17) is 4.74 Å². The molecule has 1 N–H and O–H groups in total. The van der Waals surface area contributed by atoms with Gasteiger partial charge in [0.25, 0.3) is 0 Å². The lowest BCUT2D eigenvalue weighted by molar-refractivity contribution is 0.303. The summed E-state index contributed by atoms with van der Waals surface area (Å²) in [5, 5.41) is 4.60. The van der Waals surface area contributed by atoms with Crippen molar-refractivity contribution in [3.8, 4) is 5.75 Å². The van der Waals surface area contributed by atoms with Crippen LogP contribution in [-0.4, -0.2) is 11.0 Å². The molecule has 0 amide bonds. The molecule has 1 fully saturated rings. The second kappa shape index (κ2) is 6.16. The molecule has 0 bridgehead atoms. The third-order valence-electron chi connectivity index (χ3n) is 3.75. The van der Waals surface area contributed by atoms with Crippen LogP contribution in [0.15, 0.2) is 18.2 Å². The minimum atomic E-state index is 0.554. The van der Waals surface area contributed by atoms with Gasteiger partial charge in [0.15, 0.2) is 0 Å². The van der Waals surface area contributed by atoms with Gasteiger partial charge in [-0.2, -0.15) is 0 Å². The Morgan fingerprint density at radius 3 is 2.81 bits per heavy atom. The highest BCUT2D eigenvalue weighted by Crippen LogP contribution is 2.24. The molecular weight excluding hydrogens is 280 g/mol. The number of ether oxygens (including phenoxy) is 1. The molecule has 1 aliphatic carbocycles. The van der Waals surface area contributed by atoms with Gasteiger partial charge in [0.2, 0.25) is 0 Å². The largest absolute Gasteiger partial charge is 0.486 e. The molecular formula is C17H22N2OS. The van der Waals surface area contributed by atoms with Crippen LogP contribution in [0.2, 0.25) is 0 Å². The molecule has 0 saturated heterocycles. The van der Waals surface area contributed by atoms with Crippen molar-refractivity contribution in [2.24, 2.45) is 0 Å². The molecule has 0 spiro atoms. The predicted molar refractivity (Wildman–Crippen MR) is 87.0 cm³/mol. The van der Waals surface area contributed by atoms with Gasteiger partial charge in [-0.15, -0.1) is 11.3 Å². The molecule has 4 heteroatoms. The Hall–Kier alpha value is -1.39. The molecule has 0 radical (unpaired) electrons. The molecule has 0 aliphatic heterocycles. The normalized spacial score (nSPS) is 14.4. The first kappa shape index (κ1) is 14.5. The van der Waals surface area contributed by atoms with Gasteiger partial charge >= 0.3 is 0 Å². The Labute approximate surface area is 130 Å². The average molecular weight is 302 g/mol. The zero-order valence-electron chi connectivity index (χ0n) is 12.9. The molecule has 0 unspecified atom stereocenters. The molecule has 112 valence electrons. The average Bonchev–Trinajstić information content (AvgIpc) is 3.20. The van der Waals surface area contributed by atoms with Gasteiger partial charge < -0.3 is 10.1 Å². The van der Waals surface area contributed by atoms with Crippen molar-refractivity contribution in [2.45, 2.75) is 52.8 Å². The number of aryl methyl sites for hydroxylation is 3. The quantitative estimate of drug-likeness (QED) is 0.879. The third-order valence-corrected chi connectivity index (χ3v) is 4.88. The number of aromatic nitrogens is 1. The van der Waals surface area contributed by atoms with Crippen molar-refractivity contribution in [3.05, 3.63) is 44.9 Å². The Balaban J connectivity index is 1.60. The lowest BCUT2D eigenvalue weighted by Crippen LogP contribution is -2.14. The van der Waals surface area contributed by atoms with E-state index in [1.54, 1.807) is 11.3 Å². The van der Waals surface area contributed by atoms with Gasteiger partial charge in [-0.3, -0.25) is 0 Å². The van der Waals surface area contributed by atoms with Gasteiger partial charge in [-0.25, -0.2) is 4.98 Å².